The van der Waals surface area contributed by atoms with Crippen LogP contribution in [0.3, 0.4) is 0 Å². The molecule has 1 amide bonds. The Balaban J connectivity index is 1.14. The summed E-state index contributed by atoms with van der Waals surface area (Å²) in [6.45, 7) is 5.37. The number of ketones is 1. The Kier molecular flexibility index (Phi) is 12.2. The number of Topliss-reactive ketones (excluding diaryl/α,β-unsaturated/α-hetero) is 1. The molecule has 0 unspecified atom stereocenters. The highest BCUT2D eigenvalue weighted by atomic mass is 35.5. The first-order chi connectivity index (χ1) is 26.4. The van der Waals surface area contributed by atoms with Crippen molar-refractivity contribution in [3.8, 4) is 11.5 Å². The Labute approximate surface area is 322 Å². The standard InChI is InChI=1S/C42H51ClN4O7/c1-50-26-31-13-17-46(31)29-8-11-34-37(24-29)54-38-25-30(47-18-14-32(47)27-51-2)9-12-35(38)42(34)36-23-28(7-10-33(36)39(48)40(42)44)41(49)45-16-20-53-22-21-52-19-6-4-3-5-15-43/h7-12,23-25,31-32,44H,3-6,13-22,26-27H2,1-2H3,(H,45,49)/t31-,32-/m1/s1. The van der Waals surface area contributed by atoms with Gasteiger partial charge in [0.25, 0.3) is 5.91 Å². The van der Waals surface area contributed by atoms with Gasteiger partial charge in [0.2, 0.25) is 5.78 Å². The number of anilines is 2. The summed E-state index contributed by atoms with van der Waals surface area (Å²) in [5.74, 6) is 1.24. The minimum atomic E-state index is -1.27. The molecule has 0 bridgehead atoms. The maximum atomic E-state index is 14.0. The Morgan fingerprint density at radius 3 is 2.00 bits per heavy atom. The van der Waals surface area contributed by atoms with E-state index < -0.39 is 5.41 Å². The molecule has 7 rings (SSSR count). The Hall–Kier alpha value is -4.00. The second kappa shape index (κ2) is 17.2. The first-order valence-corrected chi connectivity index (χ1v) is 19.7. The Bertz CT molecular complexity index is 1780. The van der Waals surface area contributed by atoms with Gasteiger partial charge in [-0.1, -0.05) is 25.0 Å². The third-order valence-electron chi connectivity index (χ3n) is 11.2. The number of hydrogen-bond donors (Lipinski definition) is 2. The molecule has 1 spiro atoms. The molecule has 3 aromatic rings. The zero-order valence-corrected chi connectivity index (χ0v) is 32.1. The maximum absolute atomic E-state index is 14.0. The van der Waals surface area contributed by atoms with Crippen LogP contribution in [0.5, 0.6) is 11.5 Å². The molecule has 12 heteroatoms. The first kappa shape index (κ1) is 38.3. The highest BCUT2D eigenvalue weighted by Crippen LogP contribution is 2.57. The summed E-state index contributed by atoms with van der Waals surface area (Å²) in [6, 6.07) is 17.8. The smallest absolute Gasteiger partial charge is 0.251 e. The summed E-state index contributed by atoms with van der Waals surface area (Å²) in [5, 5.41) is 12.5. The second-order valence-corrected chi connectivity index (χ2v) is 14.8. The normalized spacial score (nSPS) is 19.2. The van der Waals surface area contributed by atoms with E-state index in [9.17, 15) is 15.0 Å². The molecule has 54 heavy (non-hydrogen) atoms. The number of alkyl halides is 1. The lowest BCUT2D eigenvalue weighted by atomic mass is 9.67. The zero-order valence-electron chi connectivity index (χ0n) is 31.3. The van der Waals surface area contributed by atoms with E-state index in [1.54, 1.807) is 32.4 Å². The number of methoxy groups -OCH3 is 2. The third kappa shape index (κ3) is 7.24. The van der Waals surface area contributed by atoms with Gasteiger partial charge < -0.3 is 38.8 Å². The molecule has 288 valence electrons. The molecular formula is C42H51ClN4O7. The van der Waals surface area contributed by atoms with Crippen molar-refractivity contribution >= 4 is 40.4 Å². The van der Waals surface area contributed by atoms with Crippen LogP contribution in [0, 0.1) is 5.41 Å². The number of nitrogens with one attached hydrogen (secondary N) is 2. The number of nitrogens with zero attached hydrogens (tertiary/aromatic N) is 2. The number of amides is 1. The van der Waals surface area contributed by atoms with Crippen LogP contribution in [0.4, 0.5) is 11.4 Å². The van der Waals surface area contributed by atoms with Crippen molar-refractivity contribution in [1.29, 1.82) is 5.41 Å². The molecule has 0 saturated carbocycles. The van der Waals surface area contributed by atoms with Gasteiger partial charge in [0.05, 0.1) is 56.2 Å². The molecule has 3 aromatic carbocycles. The molecule has 0 radical (unpaired) electrons. The SMILES string of the molecule is COC[C@H]1CCN1c1ccc2c(c1)Oc1cc(N3CC[C@@H]3COC)ccc1C21C(=N)C(=O)c2ccc(C(=O)NCCOCCOCCCCCCCl)cc21. The molecule has 2 fully saturated rings. The number of benzene rings is 3. The van der Waals surface area contributed by atoms with Gasteiger partial charge in [0.15, 0.2) is 0 Å². The Morgan fingerprint density at radius 1 is 0.815 bits per heavy atom. The van der Waals surface area contributed by atoms with Crippen LogP contribution >= 0.6 is 11.6 Å². The lowest BCUT2D eigenvalue weighted by Crippen LogP contribution is -2.50. The van der Waals surface area contributed by atoms with E-state index in [1.165, 1.54) is 0 Å². The number of halogens is 1. The number of carbonyl (C=O) groups excluding carboxylic acids is 2. The zero-order chi connectivity index (χ0) is 37.7. The van der Waals surface area contributed by atoms with Crippen LogP contribution in [0.25, 0.3) is 0 Å². The van der Waals surface area contributed by atoms with Crippen LogP contribution in [-0.4, -0.2) is 109 Å². The van der Waals surface area contributed by atoms with Gasteiger partial charge in [-0.2, -0.15) is 0 Å². The summed E-state index contributed by atoms with van der Waals surface area (Å²) in [7, 11) is 3.43. The highest BCUT2D eigenvalue weighted by Gasteiger charge is 2.56. The largest absolute Gasteiger partial charge is 0.457 e. The molecule has 3 heterocycles. The first-order valence-electron chi connectivity index (χ1n) is 19.2. The Morgan fingerprint density at radius 2 is 1.43 bits per heavy atom. The van der Waals surface area contributed by atoms with E-state index in [2.05, 4.69) is 15.1 Å². The molecule has 11 nitrogen and oxygen atoms in total. The lowest BCUT2D eigenvalue weighted by Gasteiger charge is -2.44. The predicted molar refractivity (Wildman–Crippen MR) is 210 cm³/mol. The predicted octanol–water partition coefficient (Wildman–Crippen LogP) is 6.36. The summed E-state index contributed by atoms with van der Waals surface area (Å²) in [6.07, 6.45) is 6.34. The number of unbranched alkanes of at least 4 members (excludes halogenated alkanes) is 3. The summed E-state index contributed by atoms with van der Waals surface area (Å²) >= 11 is 5.73. The van der Waals surface area contributed by atoms with Crippen molar-refractivity contribution in [3.63, 3.8) is 0 Å². The molecule has 2 saturated heterocycles. The number of carbonyl (C=O) groups is 2. The maximum Gasteiger partial charge on any atom is 0.251 e. The highest BCUT2D eigenvalue weighted by molar-refractivity contribution is 6.53. The number of ether oxygens (including phenoxy) is 5. The lowest BCUT2D eigenvalue weighted by molar-refractivity contribution is 0.0468. The van der Waals surface area contributed by atoms with Gasteiger partial charge in [-0.05, 0) is 61.6 Å². The second-order valence-electron chi connectivity index (χ2n) is 14.4. The van der Waals surface area contributed by atoms with Crippen LogP contribution in [0.15, 0.2) is 54.6 Å². The van der Waals surface area contributed by atoms with Gasteiger partial charge in [-0.25, -0.2) is 0 Å². The van der Waals surface area contributed by atoms with E-state index in [0.29, 0.717) is 91.4 Å². The quantitative estimate of drug-likeness (QED) is 0.106. The van der Waals surface area contributed by atoms with Crippen LogP contribution in [0.1, 0.15) is 75.9 Å². The molecule has 3 aliphatic heterocycles. The van der Waals surface area contributed by atoms with Crippen LogP contribution < -0.4 is 19.9 Å². The van der Waals surface area contributed by atoms with Crippen molar-refractivity contribution < 1.29 is 33.3 Å². The van der Waals surface area contributed by atoms with Gasteiger partial charge in [0, 0.05) is 92.1 Å². The summed E-state index contributed by atoms with van der Waals surface area (Å²) in [4.78, 5) is 32.2. The van der Waals surface area contributed by atoms with Gasteiger partial charge in [-0.15, -0.1) is 11.6 Å². The van der Waals surface area contributed by atoms with Crippen LogP contribution in [-0.2, 0) is 24.4 Å². The van der Waals surface area contributed by atoms with Gasteiger partial charge in [-0.3, -0.25) is 15.0 Å². The minimum Gasteiger partial charge on any atom is -0.457 e. The molecule has 4 aliphatic rings. The van der Waals surface area contributed by atoms with E-state index in [-0.39, 0.29) is 29.5 Å². The fourth-order valence-electron chi connectivity index (χ4n) is 8.23. The van der Waals surface area contributed by atoms with Crippen molar-refractivity contribution in [3.05, 3.63) is 82.4 Å². The molecule has 0 aromatic heterocycles. The van der Waals surface area contributed by atoms with Crippen molar-refractivity contribution in [2.45, 2.75) is 56.0 Å². The number of fused-ring (bicyclic) bond motifs is 6. The summed E-state index contributed by atoms with van der Waals surface area (Å²) in [5.41, 5.74) is 3.50. The van der Waals surface area contributed by atoms with Crippen molar-refractivity contribution in [2.75, 3.05) is 89.2 Å². The average molecular weight is 759 g/mol. The molecular weight excluding hydrogens is 708 g/mol. The summed E-state index contributed by atoms with van der Waals surface area (Å²) < 4.78 is 29.0. The van der Waals surface area contributed by atoms with E-state index >= 15 is 0 Å². The van der Waals surface area contributed by atoms with Crippen molar-refractivity contribution in [1.82, 2.24) is 5.32 Å². The molecule has 1 aliphatic carbocycles. The molecule has 2 atom stereocenters. The minimum absolute atomic E-state index is 0.0605. The van der Waals surface area contributed by atoms with Gasteiger partial charge >= 0.3 is 0 Å². The molecule has 2 N–H and O–H groups in total. The average Bonchev–Trinajstić information content (AvgIpc) is 3.37. The fraction of sp³-hybridized carbons (Fsp3) is 0.500. The monoisotopic (exact) mass is 758 g/mol. The third-order valence-corrected chi connectivity index (χ3v) is 11.5. The van der Waals surface area contributed by atoms with Crippen molar-refractivity contribution in [2.24, 2.45) is 0 Å². The van der Waals surface area contributed by atoms with E-state index in [4.69, 9.17) is 35.3 Å². The number of hydrogen-bond acceptors (Lipinski definition) is 10. The van der Waals surface area contributed by atoms with Crippen LogP contribution in [0.2, 0.25) is 0 Å². The van der Waals surface area contributed by atoms with Gasteiger partial charge in [0.1, 0.15) is 11.5 Å². The van der Waals surface area contributed by atoms with E-state index in [1.807, 2.05) is 36.4 Å². The topological polar surface area (TPSA) is 123 Å². The fourth-order valence-corrected chi connectivity index (χ4v) is 8.42. The van der Waals surface area contributed by atoms with E-state index in [0.717, 1.165) is 63.0 Å². The number of rotatable bonds is 19.